The largest absolute Gasteiger partial charge is 0.433 e. The second kappa shape index (κ2) is 11.4. The van der Waals surface area contributed by atoms with Gasteiger partial charge < -0.3 is 28.5 Å². The van der Waals surface area contributed by atoms with Crippen LogP contribution in [0, 0.1) is 10.1 Å². The first-order valence-electron chi connectivity index (χ1n) is 10.2. The van der Waals surface area contributed by atoms with Gasteiger partial charge in [0.1, 0.15) is 23.6 Å². The maximum absolute atomic E-state index is 11.9. The van der Waals surface area contributed by atoms with E-state index in [0.717, 1.165) is 5.56 Å². The van der Waals surface area contributed by atoms with Gasteiger partial charge in [-0.15, -0.1) is 0 Å². The van der Waals surface area contributed by atoms with Crippen molar-refractivity contribution in [1.29, 1.82) is 0 Å². The lowest BCUT2D eigenvalue weighted by atomic mass is 10.2. The molecule has 3 aromatic heterocycles. The topological polar surface area (TPSA) is 174 Å². The van der Waals surface area contributed by atoms with Crippen molar-refractivity contribution >= 4 is 43.0 Å². The fourth-order valence-electron chi connectivity index (χ4n) is 3.00. The molecule has 35 heavy (non-hydrogen) atoms. The summed E-state index contributed by atoms with van der Waals surface area (Å²) in [7, 11) is -1.55. The predicted molar refractivity (Wildman–Crippen MR) is 127 cm³/mol. The van der Waals surface area contributed by atoms with E-state index in [0.29, 0.717) is 17.2 Å². The first-order chi connectivity index (χ1) is 16.9. The van der Waals surface area contributed by atoms with E-state index in [9.17, 15) is 14.9 Å². The number of nitro groups is 1. The molecule has 0 saturated carbocycles. The summed E-state index contributed by atoms with van der Waals surface area (Å²) in [5, 5.41) is 11.4. The molecule has 0 aliphatic heterocycles. The Labute approximate surface area is 203 Å². The average molecular weight is 523 g/mol. The second-order valence-corrected chi connectivity index (χ2v) is 8.98. The van der Waals surface area contributed by atoms with Crippen LogP contribution in [0.3, 0.4) is 0 Å². The summed E-state index contributed by atoms with van der Waals surface area (Å²) in [5.41, 5.74) is 6.58. The highest BCUT2D eigenvalue weighted by atomic mass is 35.5. The van der Waals surface area contributed by atoms with Crippen LogP contribution in [0.2, 0.25) is 5.02 Å². The molecule has 3 N–H and O–H groups in total. The number of H-pyrrole nitrogens is 1. The van der Waals surface area contributed by atoms with Crippen LogP contribution in [-0.4, -0.2) is 37.4 Å². The maximum Gasteiger partial charge on any atom is 0.433 e. The number of hydrogen-bond acceptors (Lipinski definition) is 10. The monoisotopic (exact) mass is 522 g/mol. The van der Waals surface area contributed by atoms with Crippen LogP contribution in [-0.2, 0) is 33.5 Å². The Morgan fingerprint density at radius 2 is 2.09 bits per heavy atom. The van der Waals surface area contributed by atoms with Gasteiger partial charge in [-0.2, -0.15) is 4.98 Å². The van der Waals surface area contributed by atoms with Crippen molar-refractivity contribution in [3.63, 3.8) is 0 Å². The van der Waals surface area contributed by atoms with E-state index in [1.807, 2.05) is 12.1 Å². The van der Waals surface area contributed by atoms with Crippen molar-refractivity contribution in [1.82, 2.24) is 19.5 Å². The third-order valence-corrected chi connectivity index (χ3v) is 6.07. The molecule has 0 bridgehead atoms. The zero-order valence-electron chi connectivity index (χ0n) is 18.1. The highest BCUT2D eigenvalue weighted by Crippen LogP contribution is 2.40. The van der Waals surface area contributed by atoms with E-state index >= 15 is 0 Å². The molecule has 1 aromatic carbocycles. The predicted octanol–water partition coefficient (Wildman–Crippen LogP) is 3.58. The number of halogens is 1. The number of aromatic nitrogens is 4. The summed E-state index contributed by atoms with van der Waals surface area (Å²) in [6.07, 6.45) is 1.59. The van der Waals surface area contributed by atoms with E-state index in [4.69, 9.17) is 35.5 Å². The highest BCUT2D eigenvalue weighted by molar-refractivity contribution is 7.46. The standard InChI is InChI=1S/C20H20ClN6O7P/c21-14-3-1-2-13(8-14)9-32-35(33-10-15-4-5-16(34-15)27(29)30)12-31-7-6-26-11-23-17-18(26)24-20(22)25-19(17)28/h1-5,8,11H,6-7,9-10,12H2,(H3,22,24,25,28). The van der Waals surface area contributed by atoms with Gasteiger partial charge in [0, 0.05) is 11.6 Å². The van der Waals surface area contributed by atoms with Crippen molar-refractivity contribution in [3.8, 4) is 0 Å². The zero-order valence-corrected chi connectivity index (χ0v) is 19.8. The van der Waals surface area contributed by atoms with Crippen LogP contribution in [0.15, 0.2) is 51.9 Å². The number of imidazole rings is 1. The summed E-state index contributed by atoms with van der Waals surface area (Å²) >= 11 is 6.03. The van der Waals surface area contributed by atoms with Gasteiger partial charge in [0.2, 0.25) is 5.95 Å². The molecule has 3 heterocycles. The van der Waals surface area contributed by atoms with Crippen LogP contribution >= 0.6 is 20.0 Å². The normalized spacial score (nSPS) is 12.3. The highest BCUT2D eigenvalue weighted by Gasteiger charge is 2.17. The number of benzene rings is 1. The number of nitrogens with two attached hydrogens (primary N) is 1. The molecular formula is C20H20ClN6O7P. The molecule has 184 valence electrons. The summed E-state index contributed by atoms with van der Waals surface area (Å²) in [4.78, 5) is 32.6. The number of ether oxygens (including phenoxy) is 1. The van der Waals surface area contributed by atoms with Crippen LogP contribution in [0.25, 0.3) is 11.2 Å². The Morgan fingerprint density at radius 1 is 1.26 bits per heavy atom. The van der Waals surface area contributed by atoms with Gasteiger partial charge >= 0.3 is 5.88 Å². The summed E-state index contributed by atoms with van der Waals surface area (Å²) in [5.74, 6) is -0.0892. The van der Waals surface area contributed by atoms with Crippen LogP contribution in [0.1, 0.15) is 11.3 Å². The van der Waals surface area contributed by atoms with Gasteiger partial charge in [-0.1, -0.05) is 23.7 Å². The molecule has 13 nitrogen and oxygen atoms in total. The SMILES string of the molecule is Nc1nc2c(ncn2CCOCP(OCc2cccc(Cl)c2)OCc2ccc([N+](=O)[O-])o2)c(=O)[nH]1. The van der Waals surface area contributed by atoms with Crippen molar-refractivity contribution in [3.05, 3.63) is 79.5 Å². The first-order valence-corrected chi connectivity index (χ1v) is 11.9. The van der Waals surface area contributed by atoms with Crippen LogP contribution < -0.4 is 11.3 Å². The maximum atomic E-state index is 11.9. The van der Waals surface area contributed by atoms with Gasteiger partial charge in [0.25, 0.3) is 5.56 Å². The number of aromatic amines is 1. The van der Waals surface area contributed by atoms with Crippen molar-refractivity contribution in [2.24, 2.45) is 0 Å². The molecule has 4 aromatic rings. The summed E-state index contributed by atoms with van der Waals surface area (Å²) in [6.45, 7) is 0.797. The van der Waals surface area contributed by atoms with E-state index in [2.05, 4.69) is 15.0 Å². The van der Waals surface area contributed by atoms with Crippen molar-refractivity contribution in [2.45, 2.75) is 19.8 Å². The van der Waals surface area contributed by atoms with E-state index in [-0.39, 0.29) is 49.3 Å². The van der Waals surface area contributed by atoms with Gasteiger partial charge in [-0.3, -0.25) is 19.9 Å². The minimum atomic E-state index is -1.55. The molecule has 0 aliphatic rings. The Hall–Kier alpha value is -3.35. The van der Waals surface area contributed by atoms with Gasteiger partial charge in [-0.05, 0) is 23.8 Å². The molecule has 1 atom stereocenters. The van der Waals surface area contributed by atoms with E-state index in [1.165, 1.54) is 18.5 Å². The lowest BCUT2D eigenvalue weighted by Gasteiger charge is -2.17. The third-order valence-electron chi connectivity index (χ3n) is 4.61. The molecule has 15 heteroatoms. The number of fused-ring (bicyclic) bond motifs is 1. The number of nitrogen functional groups attached to an aromatic ring is 1. The summed E-state index contributed by atoms with van der Waals surface area (Å²) in [6, 6.07) is 9.92. The molecule has 0 radical (unpaired) electrons. The zero-order chi connectivity index (χ0) is 24.8. The average Bonchev–Trinajstić information content (AvgIpc) is 3.45. The van der Waals surface area contributed by atoms with E-state index in [1.54, 1.807) is 16.7 Å². The summed E-state index contributed by atoms with van der Waals surface area (Å²) < 4.78 is 24.2. The molecule has 0 saturated heterocycles. The van der Waals surface area contributed by atoms with Gasteiger partial charge in [0.05, 0.1) is 25.6 Å². The van der Waals surface area contributed by atoms with Gasteiger partial charge in [0.15, 0.2) is 19.5 Å². The first kappa shape index (κ1) is 24.8. The van der Waals surface area contributed by atoms with Crippen molar-refractivity contribution < 1.29 is 23.1 Å². The molecule has 0 spiro atoms. The molecular weight excluding hydrogens is 503 g/mol. The van der Waals surface area contributed by atoms with Gasteiger partial charge in [-0.25, -0.2) is 4.98 Å². The van der Waals surface area contributed by atoms with Crippen LogP contribution in [0.4, 0.5) is 11.8 Å². The molecule has 0 amide bonds. The fraction of sp³-hybridized carbons (Fsp3) is 0.250. The third kappa shape index (κ3) is 6.62. The van der Waals surface area contributed by atoms with E-state index < -0.39 is 18.9 Å². The minimum absolute atomic E-state index is 0.00494. The second-order valence-electron chi connectivity index (χ2n) is 7.11. The lowest BCUT2D eigenvalue weighted by molar-refractivity contribution is -0.402. The Morgan fingerprint density at radius 3 is 2.86 bits per heavy atom. The molecule has 0 fully saturated rings. The minimum Gasteiger partial charge on any atom is -0.403 e. The Kier molecular flexibility index (Phi) is 8.06. The Bertz CT molecular complexity index is 1370. The number of rotatable bonds is 12. The Balaban J connectivity index is 1.34. The van der Waals surface area contributed by atoms with Crippen molar-refractivity contribution in [2.75, 3.05) is 18.7 Å². The molecule has 4 rings (SSSR count). The number of nitrogens with zero attached hydrogens (tertiary/aromatic N) is 4. The molecule has 0 aliphatic carbocycles. The smallest absolute Gasteiger partial charge is 0.403 e. The number of hydrogen-bond donors (Lipinski definition) is 2. The number of furan rings is 1. The quantitative estimate of drug-likeness (QED) is 0.121. The number of anilines is 1. The molecule has 1 unspecified atom stereocenters. The number of nitrogens with one attached hydrogen (secondary N) is 1. The fourth-order valence-corrected chi connectivity index (χ4v) is 4.28. The lowest BCUT2D eigenvalue weighted by Crippen LogP contribution is -2.13. The van der Waals surface area contributed by atoms with Crippen LogP contribution in [0.5, 0.6) is 0 Å².